The van der Waals surface area contributed by atoms with Gasteiger partial charge in [0.15, 0.2) is 0 Å². The maximum absolute atomic E-state index is 4.24. The van der Waals surface area contributed by atoms with Crippen molar-refractivity contribution < 1.29 is 0 Å². The Balaban J connectivity index is 0.00000176. The molecule has 3 heterocycles. The second kappa shape index (κ2) is 8.67. The first kappa shape index (κ1) is 17.5. The molecule has 2 aromatic rings. The SMILES string of the molecule is CNCCC1CCN(Cc2cn[nH]c2-c2ccsc2)CC1.Cl. The Hall–Kier alpha value is -0.880. The van der Waals surface area contributed by atoms with E-state index in [0.29, 0.717) is 0 Å². The molecule has 0 bridgehead atoms. The van der Waals surface area contributed by atoms with Crippen molar-refractivity contribution in [3.05, 3.63) is 28.6 Å². The van der Waals surface area contributed by atoms with E-state index >= 15 is 0 Å². The van der Waals surface area contributed by atoms with Crippen molar-refractivity contribution >= 4 is 23.7 Å². The van der Waals surface area contributed by atoms with Crippen molar-refractivity contribution in [3.63, 3.8) is 0 Å². The van der Waals surface area contributed by atoms with Crippen LogP contribution in [0.15, 0.2) is 23.0 Å². The number of halogens is 1. The van der Waals surface area contributed by atoms with Crippen LogP contribution in [0, 0.1) is 5.92 Å². The van der Waals surface area contributed by atoms with E-state index in [1.54, 1.807) is 11.3 Å². The zero-order valence-electron chi connectivity index (χ0n) is 13.0. The van der Waals surface area contributed by atoms with Crippen LogP contribution >= 0.6 is 23.7 Å². The number of aromatic nitrogens is 2. The number of hydrogen-bond acceptors (Lipinski definition) is 4. The van der Waals surface area contributed by atoms with Gasteiger partial charge in [0.25, 0.3) is 0 Å². The lowest BCUT2D eigenvalue weighted by molar-refractivity contribution is 0.172. The smallest absolute Gasteiger partial charge is 0.0703 e. The predicted molar refractivity (Wildman–Crippen MR) is 95.7 cm³/mol. The number of nitrogens with zero attached hydrogens (tertiary/aromatic N) is 2. The van der Waals surface area contributed by atoms with Crippen LogP contribution in [0.2, 0.25) is 0 Å². The summed E-state index contributed by atoms with van der Waals surface area (Å²) in [7, 11) is 2.04. The van der Waals surface area contributed by atoms with Crippen molar-refractivity contribution in [2.45, 2.75) is 25.8 Å². The summed E-state index contributed by atoms with van der Waals surface area (Å²) in [6.07, 6.45) is 5.96. The zero-order chi connectivity index (χ0) is 14.5. The van der Waals surface area contributed by atoms with Gasteiger partial charge in [0.2, 0.25) is 0 Å². The Bertz CT molecular complexity index is 532. The van der Waals surface area contributed by atoms with Gasteiger partial charge in [-0.05, 0) is 63.3 Å². The zero-order valence-corrected chi connectivity index (χ0v) is 14.7. The quantitative estimate of drug-likeness (QED) is 0.847. The molecule has 1 aliphatic rings. The van der Waals surface area contributed by atoms with E-state index in [4.69, 9.17) is 0 Å². The summed E-state index contributed by atoms with van der Waals surface area (Å²) in [4.78, 5) is 2.57. The molecular formula is C16H25ClN4S. The summed E-state index contributed by atoms with van der Waals surface area (Å²) in [6.45, 7) is 4.58. The van der Waals surface area contributed by atoms with Crippen molar-refractivity contribution in [2.24, 2.45) is 5.92 Å². The second-order valence-corrected chi connectivity index (χ2v) is 6.67. The van der Waals surface area contributed by atoms with Crippen molar-refractivity contribution in [3.8, 4) is 11.3 Å². The normalized spacial score (nSPS) is 16.6. The van der Waals surface area contributed by atoms with Gasteiger partial charge in [-0.15, -0.1) is 12.4 Å². The monoisotopic (exact) mass is 340 g/mol. The number of hydrogen-bond donors (Lipinski definition) is 2. The van der Waals surface area contributed by atoms with Crippen LogP contribution in [0.4, 0.5) is 0 Å². The molecule has 2 aromatic heterocycles. The third kappa shape index (κ3) is 4.32. The highest BCUT2D eigenvalue weighted by atomic mass is 35.5. The van der Waals surface area contributed by atoms with E-state index < -0.39 is 0 Å². The van der Waals surface area contributed by atoms with Crippen molar-refractivity contribution in [1.82, 2.24) is 20.4 Å². The molecule has 0 radical (unpaired) electrons. The number of H-pyrrole nitrogens is 1. The Morgan fingerprint density at radius 2 is 2.23 bits per heavy atom. The minimum atomic E-state index is 0. The molecule has 0 atom stereocenters. The van der Waals surface area contributed by atoms with Gasteiger partial charge in [0.05, 0.1) is 11.9 Å². The fourth-order valence-electron chi connectivity index (χ4n) is 3.11. The van der Waals surface area contributed by atoms with Gasteiger partial charge in [0.1, 0.15) is 0 Å². The maximum Gasteiger partial charge on any atom is 0.0703 e. The summed E-state index contributed by atoms with van der Waals surface area (Å²) in [5.41, 5.74) is 3.77. The topological polar surface area (TPSA) is 44.0 Å². The fraction of sp³-hybridized carbons (Fsp3) is 0.562. The highest BCUT2D eigenvalue weighted by molar-refractivity contribution is 7.08. The van der Waals surface area contributed by atoms with E-state index in [2.05, 4.69) is 37.2 Å². The van der Waals surface area contributed by atoms with Gasteiger partial charge < -0.3 is 5.32 Å². The third-order valence-electron chi connectivity index (χ3n) is 4.43. The summed E-state index contributed by atoms with van der Waals surface area (Å²) in [5.74, 6) is 0.898. The molecule has 0 amide bonds. The number of aromatic amines is 1. The first-order chi connectivity index (χ1) is 10.4. The minimum Gasteiger partial charge on any atom is -0.320 e. The van der Waals surface area contributed by atoms with Crippen molar-refractivity contribution in [1.29, 1.82) is 0 Å². The fourth-order valence-corrected chi connectivity index (χ4v) is 3.76. The molecule has 1 saturated heterocycles. The molecule has 2 N–H and O–H groups in total. The summed E-state index contributed by atoms with van der Waals surface area (Å²) < 4.78 is 0. The number of nitrogens with one attached hydrogen (secondary N) is 2. The Kier molecular flexibility index (Phi) is 6.89. The molecule has 122 valence electrons. The van der Waals surface area contributed by atoms with Crippen LogP contribution in [0.25, 0.3) is 11.3 Å². The number of likely N-dealkylation sites (tertiary alicyclic amines) is 1. The van der Waals surface area contributed by atoms with Crippen LogP contribution < -0.4 is 5.32 Å². The predicted octanol–water partition coefficient (Wildman–Crippen LogP) is 3.38. The summed E-state index contributed by atoms with van der Waals surface area (Å²) >= 11 is 1.73. The molecule has 0 saturated carbocycles. The molecular weight excluding hydrogens is 316 g/mol. The molecule has 0 aromatic carbocycles. The second-order valence-electron chi connectivity index (χ2n) is 5.89. The minimum absolute atomic E-state index is 0. The molecule has 3 rings (SSSR count). The van der Waals surface area contributed by atoms with Crippen LogP contribution in [0.1, 0.15) is 24.8 Å². The number of piperidine rings is 1. The van der Waals surface area contributed by atoms with Gasteiger partial charge in [-0.2, -0.15) is 16.4 Å². The molecule has 6 heteroatoms. The standard InChI is InChI=1S/C16H24N4S.ClH/c1-17-6-2-13-3-7-20(8-4-13)11-15-10-18-19-16(15)14-5-9-21-12-14;/h5,9-10,12-13,17H,2-4,6-8,11H2,1H3,(H,18,19);1H. The average molecular weight is 341 g/mol. The van der Waals surface area contributed by atoms with Gasteiger partial charge in [-0.1, -0.05) is 0 Å². The van der Waals surface area contributed by atoms with Gasteiger partial charge in [-0.3, -0.25) is 10.00 Å². The summed E-state index contributed by atoms with van der Waals surface area (Å²) in [6, 6.07) is 2.16. The molecule has 22 heavy (non-hydrogen) atoms. The molecule has 0 spiro atoms. The number of rotatable bonds is 6. The molecule has 4 nitrogen and oxygen atoms in total. The van der Waals surface area contributed by atoms with E-state index in [1.165, 1.54) is 49.2 Å². The van der Waals surface area contributed by atoms with E-state index in [-0.39, 0.29) is 12.4 Å². The van der Waals surface area contributed by atoms with Crippen LogP contribution in [0.3, 0.4) is 0 Å². The lowest BCUT2D eigenvalue weighted by atomic mass is 9.93. The first-order valence-corrected chi connectivity index (χ1v) is 8.73. The van der Waals surface area contributed by atoms with Crippen LogP contribution in [-0.2, 0) is 6.54 Å². The highest BCUT2D eigenvalue weighted by Crippen LogP contribution is 2.26. The van der Waals surface area contributed by atoms with E-state index in [1.807, 2.05) is 13.2 Å². The molecule has 0 unspecified atom stereocenters. The number of thiophene rings is 1. The summed E-state index contributed by atoms with van der Waals surface area (Å²) in [5, 5.41) is 15.0. The van der Waals surface area contributed by atoms with Gasteiger partial charge in [0, 0.05) is 23.1 Å². The maximum atomic E-state index is 4.24. The van der Waals surface area contributed by atoms with Gasteiger partial charge >= 0.3 is 0 Å². The Morgan fingerprint density at radius 1 is 1.41 bits per heavy atom. The molecule has 0 aliphatic carbocycles. The lowest BCUT2D eigenvalue weighted by Crippen LogP contribution is -2.34. The third-order valence-corrected chi connectivity index (χ3v) is 5.11. The largest absolute Gasteiger partial charge is 0.320 e. The average Bonchev–Trinajstić information content (AvgIpc) is 3.17. The Morgan fingerprint density at radius 3 is 2.91 bits per heavy atom. The highest BCUT2D eigenvalue weighted by Gasteiger charge is 2.20. The van der Waals surface area contributed by atoms with E-state index in [0.717, 1.165) is 19.0 Å². The Labute approximate surface area is 142 Å². The van der Waals surface area contributed by atoms with Gasteiger partial charge in [-0.25, -0.2) is 0 Å². The van der Waals surface area contributed by atoms with Crippen LogP contribution in [-0.4, -0.2) is 41.8 Å². The lowest BCUT2D eigenvalue weighted by Gasteiger charge is -2.31. The van der Waals surface area contributed by atoms with Crippen LogP contribution in [0.5, 0.6) is 0 Å². The van der Waals surface area contributed by atoms with Crippen molar-refractivity contribution in [2.75, 3.05) is 26.7 Å². The van der Waals surface area contributed by atoms with E-state index in [9.17, 15) is 0 Å². The molecule has 1 aliphatic heterocycles. The first-order valence-electron chi connectivity index (χ1n) is 7.78. The molecule has 1 fully saturated rings.